The van der Waals surface area contributed by atoms with Gasteiger partial charge in [-0.15, -0.1) is 0 Å². The molecule has 1 atom stereocenters. The van der Waals surface area contributed by atoms with E-state index in [1.807, 2.05) is 0 Å². The van der Waals surface area contributed by atoms with Crippen molar-refractivity contribution in [3.63, 3.8) is 0 Å². The Morgan fingerprint density at radius 3 is 2.83 bits per heavy atom. The molecule has 1 aromatic rings. The predicted molar refractivity (Wildman–Crippen MR) is 73.6 cm³/mol. The van der Waals surface area contributed by atoms with E-state index >= 15 is 0 Å². The van der Waals surface area contributed by atoms with Crippen LogP contribution in [0.4, 0.5) is 11.4 Å². The van der Waals surface area contributed by atoms with Crippen LogP contribution in [0.2, 0.25) is 0 Å². The predicted octanol–water partition coefficient (Wildman–Crippen LogP) is 1.20. The SMILES string of the molecule is CNC(=O)c1ccc(N)c(NCCCC(C)O)c1. The van der Waals surface area contributed by atoms with Gasteiger partial charge in [0.2, 0.25) is 0 Å². The normalized spacial score (nSPS) is 11.9. The Labute approximate surface area is 107 Å². The van der Waals surface area contributed by atoms with Crippen LogP contribution in [-0.4, -0.2) is 30.7 Å². The third kappa shape index (κ3) is 4.25. The monoisotopic (exact) mass is 251 g/mol. The molecule has 1 aromatic carbocycles. The van der Waals surface area contributed by atoms with Crippen molar-refractivity contribution in [1.82, 2.24) is 5.32 Å². The van der Waals surface area contributed by atoms with Gasteiger partial charge in [-0.05, 0) is 38.0 Å². The van der Waals surface area contributed by atoms with Gasteiger partial charge >= 0.3 is 0 Å². The highest BCUT2D eigenvalue weighted by Crippen LogP contribution is 2.20. The Morgan fingerprint density at radius 1 is 1.50 bits per heavy atom. The maximum atomic E-state index is 11.5. The van der Waals surface area contributed by atoms with Crippen molar-refractivity contribution in [2.75, 3.05) is 24.6 Å². The molecule has 0 spiro atoms. The summed E-state index contributed by atoms with van der Waals surface area (Å²) < 4.78 is 0. The summed E-state index contributed by atoms with van der Waals surface area (Å²) in [5.74, 6) is -0.137. The largest absolute Gasteiger partial charge is 0.397 e. The van der Waals surface area contributed by atoms with Crippen LogP contribution in [0.5, 0.6) is 0 Å². The summed E-state index contributed by atoms with van der Waals surface area (Å²) in [5, 5.41) is 14.9. The van der Waals surface area contributed by atoms with Crippen molar-refractivity contribution < 1.29 is 9.90 Å². The Kier molecular flexibility index (Phi) is 5.45. The number of hydrogen-bond donors (Lipinski definition) is 4. The van der Waals surface area contributed by atoms with Gasteiger partial charge in [-0.25, -0.2) is 0 Å². The van der Waals surface area contributed by atoms with E-state index in [1.165, 1.54) is 0 Å². The van der Waals surface area contributed by atoms with Gasteiger partial charge in [-0.3, -0.25) is 4.79 Å². The van der Waals surface area contributed by atoms with Crippen LogP contribution in [0.25, 0.3) is 0 Å². The van der Waals surface area contributed by atoms with Gasteiger partial charge in [0, 0.05) is 19.2 Å². The van der Waals surface area contributed by atoms with Gasteiger partial charge < -0.3 is 21.5 Å². The lowest BCUT2D eigenvalue weighted by Gasteiger charge is -2.11. The lowest BCUT2D eigenvalue weighted by Crippen LogP contribution is -2.18. The van der Waals surface area contributed by atoms with Crippen molar-refractivity contribution in [1.29, 1.82) is 0 Å². The number of anilines is 2. The zero-order valence-electron chi connectivity index (χ0n) is 10.9. The van der Waals surface area contributed by atoms with Crippen LogP contribution in [0.1, 0.15) is 30.1 Å². The van der Waals surface area contributed by atoms with Crippen LogP contribution in [-0.2, 0) is 0 Å². The number of aliphatic hydroxyl groups excluding tert-OH is 1. The molecule has 100 valence electrons. The lowest BCUT2D eigenvalue weighted by atomic mass is 10.1. The molecule has 0 bridgehead atoms. The van der Waals surface area contributed by atoms with Crippen molar-refractivity contribution in [3.8, 4) is 0 Å². The fraction of sp³-hybridized carbons (Fsp3) is 0.462. The summed E-state index contributed by atoms with van der Waals surface area (Å²) >= 11 is 0. The number of nitrogens with one attached hydrogen (secondary N) is 2. The van der Waals surface area contributed by atoms with Crippen molar-refractivity contribution in [2.24, 2.45) is 0 Å². The maximum absolute atomic E-state index is 11.5. The summed E-state index contributed by atoms with van der Waals surface area (Å²) in [5.41, 5.74) is 7.77. The third-order valence-electron chi connectivity index (χ3n) is 2.66. The number of amides is 1. The number of nitrogens with two attached hydrogens (primary N) is 1. The minimum Gasteiger partial charge on any atom is -0.397 e. The van der Waals surface area contributed by atoms with E-state index in [0.717, 1.165) is 18.5 Å². The number of carbonyl (C=O) groups is 1. The van der Waals surface area contributed by atoms with Crippen LogP contribution in [0.15, 0.2) is 18.2 Å². The quantitative estimate of drug-likeness (QED) is 0.452. The zero-order chi connectivity index (χ0) is 13.5. The summed E-state index contributed by atoms with van der Waals surface area (Å²) in [4.78, 5) is 11.5. The third-order valence-corrected chi connectivity index (χ3v) is 2.66. The van der Waals surface area contributed by atoms with E-state index in [4.69, 9.17) is 10.8 Å². The van der Waals surface area contributed by atoms with Crippen LogP contribution >= 0.6 is 0 Å². The maximum Gasteiger partial charge on any atom is 0.251 e. The topological polar surface area (TPSA) is 87.4 Å². The summed E-state index contributed by atoms with van der Waals surface area (Å²) in [6, 6.07) is 5.13. The second-order valence-corrected chi connectivity index (χ2v) is 4.30. The molecule has 0 heterocycles. The van der Waals surface area contributed by atoms with E-state index < -0.39 is 0 Å². The molecule has 18 heavy (non-hydrogen) atoms. The first-order valence-electron chi connectivity index (χ1n) is 6.08. The van der Waals surface area contributed by atoms with Crippen LogP contribution in [0, 0.1) is 0 Å². The molecule has 0 fully saturated rings. The van der Waals surface area contributed by atoms with Crippen molar-refractivity contribution in [2.45, 2.75) is 25.9 Å². The number of carbonyl (C=O) groups excluding carboxylic acids is 1. The van der Waals surface area contributed by atoms with E-state index in [0.29, 0.717) is 17.8 Å². The van der Waals surface area contributed by atoms with Gasteiger partial charge in [0.1, 0.15) is 0 Å². The summed E-state index contributed by atoms with van der Waals surface area (Å²) in [6.45, 7) is 2.48. The first kappa shape index (κ1) is 14.3. The summed E-state index contributed by atoms with van der Waals surface area (Å²) in [6.07, 6.45) is 1.30. The number of aliphatic hydroxyl groups is 1. The summed E-state index contributed by atoms with van der Waals surface area (Å²) in [7, 11) is 1.59. The lowest BCUT2D eigenvalue weighted by molar-refractivity contribution is 0.0963. The molecule has 5 heteroatoms. The van der Waals surface area contributed by atoms with Crippen molar-refractivity contribution >= 4 is 17.3 Å². The van der Waals surface area contributed by atoms with Gasteiger partial charge in [0.05, 0.1) is 17.5 Å². The van der Waals surface area contributed by atoms with Crippen LogP contribution < -0.4 is 16.4 Å². The number of nitrogen functional groups attached to an aromatic ring is 1. The molecular formula is C13H21N3O2. The van der Waals surface area contributed by atoms with Gasteiger partial charge in [-0.1, -0.05) is 0 Å². The second-order valence-electron chi connectivity index (χ2n) is 4.30. The Bertz CT molecular complexity index is 405. The first-order chi connectivity index (χ1) is 8.54. The zero-order valence-corrected chi connectivity index (χ0v) is 10.9. The molecule has 5 N–H and O–H groups in total. The molecule has 0 radical (unpaired) electrons. The Hall–Kier alpha value is -1.75. The fourth-order valence-corrected chi connectivity index (χ4v) is 1.62. The average molecular weight is 251 g/mol. The molecule has 0 saturated heterocycles. The number of benzene rings is 1. The fourth-order valence-electron chi connectivity index (χ4n) is 1.62. The molecule has 0 aliphatic carbocycles. The minimum atomic E-state index is -0.290. The molecular weight excluding hydrogens is 230 g/mol. The van der Waals surface area contributed by atoms with E-state index in [1.54, 1.807) is 32.2 Å². The Balaban J connectivity index is 2.61. The molecule has 1 rings (SSSR count). The first-order valence-corrected chi connectivity index (χ1v) is 6.08. The Morgan fingerprint density at radius 2 is 2.22 bits per heavy atom. The molecule has 0 aliphatic rings. The highest BCUT2D eigenvalue weighted by Gasteiger charge is 2.06. The molecule has 0 aliphatic heterocycles. The van der Waals surface area contributed by atoms with E-state index in [2.05, 4.69) is 10.6 Å². The average Bonchev–Trinajstić information content (AvgIpc) is 2.35. The minimum absolute atomic E-state index is 0.137. The molecule has 1 amide bonds. The smallest absolute Gasteiger partial charge is 0.251 e. The van der Waals surface area contributed by atoms with Gasteiger partial charge in [-0.2, -0.15) is 0 Å². The number of hydrogen-bond acceptors (Lipinski definition) is 4. The number of rotatable bonds is 6. The molecule has 0 saturated carbocycles. The second kappa shape index (κ2) is 6.86. The standard InChI is InChI=1S/C13H21N3O2/c1-9(17)4-3-7-16-12-8-10(13(18)15-2)5-6-11(12)14/h5-6,8-9,16-17H,3-4,7,14H2,1-2H3,(H,15,18). The molecule has 0 aromatic heterocycles. The van der Waals surface area contributed by atoms with Crippen molar-refractivity contribution in [3.05, 3.63) is 23.8 Å². The highest BCUT2D eigenvalue weighted by molar-refractivity contribution is 5.96. The molecule has 1 unspecified atom stereocenters. The van der Waals surface area contributed by atoms with Gasteiger partial charge in [0.25, 0.3) is 5.91 Å². The van der Waals surface area contributed by atoms with Gasteiger partial charge in [0.15, 0.2) is 0 Å². The highest BCUT2D eigenvalue weighted by atomic mass is 16.3. The molecule has 5 nitrogen and oxygen atoms in total. The van der Waals surface area contributed by atoms with Crippen LogP contribution in [0.3, 0.4) is 0 Å². The van der Waals surface area contributed by atoms with E-state index in [9.17, 15) is 4.79 Å². The van der Waals surface area contributed by atoms with E-state index in [-0.39, 0.29) is 12.0 Å².